The van der Waals surface area contributed by atoms with Gasteiger partial charge in [-0.3, -0.25) is 9.59 Å². The van der Waals surface area contributed by atoms with Crippen molar-refractivity contribution in [2.45, 2.75) is 77.5 Å². The van der Waals surface area contributed by atoms with Gasteiger partial charge in [0.2, 0.25) is 5.91 Å². The second-order valence-corrected chi connectivity index (χ2v) is 10.6. The number of aromatic nitrogens is 3. The molecule has 2 saturated carbocycles. The molecule has 202 valence electrons. The molecule has 0 radical (unpaired) electrons. The summed E-state index contributed by atoms with van der Waals surface area (Å²) in [6, 6.07) is 3.40. The number of ether oxygens (including phenoxy) is 1. The Hall–Kier alpha value is -3.53. The van der Waals surface area contributed by atoms with Crippen LogP contribution in [0.3, 0.4) is 0 Å². The topological polar surface area (TPSA) is 129 Å². The molecular weight excluding hydrogens is 489 g/mol. The summed E-state index contributed by atoms with van der Waals surface area (Å²) in [7, 11) is 0. The maximum Gasteiger partial charge on any atom is 0.255 e. The second-order valence-electron chi connectivity index (χ2n) is 10.6. The summed E-state index contributed by atoms with van der Waals surface area (Å²) >= 11 is 0. The number of nitrogens with zero attached hydrogens (tertiary/aromatic N) is 2. The van der Waals surface area contributed by atoms with Crippen LogP contribution in [0.1, 0.15) is 67.1 Å². The van der Waals surface area contributed by atoms with Crippen molar-refractivity contribution >= 4 is 22.8 Å². The first-order valence-electron chi connectivity index (χ1n) is 13.3. The number of aliphatic hydroxyl groups excluding tert-OH is 1. The molecule has 2 fully saturated rings. The van der Waals surface area contributed by atoms with Crippen LogP contribution in [0.5, 0.6) is 5.75 Å². The third-order valence-corrected chi connectivity index (χ3v) is 7.49. The van der Waals surface area contributed by atoms with Crippen molar-refractivity contribution in [3.8, 4) is 17.0 Å². The molecule has 5 rings (SSSR count). The van der Waals surface area contributed by atoms with Gasteiger partial charge in [-0.25, -0.2) is 14.4 Å². The standard InChI is InChI=1S/C28H34FN5O4/c1-14-4-11-20(38-12-17-5-6-17)22(23(14)29)25-26-24(30-13-31-25)21(15(2)32-26)28(37)34-19-9-7-18(8-10-19)33-27(36)16(3)35/h4,11,13,16-19,32,35H,5-10,12H2,1-3H3,(H,33,36)(H,34,37)/t16-,18-,19-/m0/s1. The van der Waals surface area contributed by atoms with E-state index in [1.54, 1.807) is 26.0 Å². The van der Waals surface area contributed by atoms with Crippen molar-refractivity contribution in [1.29, 1.82) is 0 Å². The highest BCUT2D eigenvalue weighted by molar-refractivity contribution is 6.09. The highest BCUT2D eigenvalue weighted by Crippen LogP contribution is 2.39. The minimum Gasteiger partial charge on any atom is -0.492 e. The van der Waals surface area contributed by atoms with Crippen LogP contribution in [-0.2, 0) is 4.79 Å². The van der Waals surface area contributed by atoms with Gasteiger partial charge in [0.15, 0.2) is 0 Å². The number of fused-ring (bicyclic) bond motifs is 1. The summed E-state index contributed by atoms with van der Waals surface area (Å²) in [5, 5.41) is 15.4. The minimum atomic E-state index is -1.04. The molecule has 0 aliphatic heterocycles. The van der Waals surface area contributed by atoms with Gasteiger partial charge in [0.05, 0.1) is 23.3 Å². The molecule has 2 amide bonds. The number of hydrogen-bond donors (Lipinski definition) is 4. The first-order chi connectivity index (χ1) is 18.2. The summed E-state index contributed by atoms with van der Waals surface area (Å²) in [4.78, 5) is 37.2. The molecule has 3 aromatic rings. The maximum absolute atomic E-state index is 15.5. The van der Waals surface area contributed by atoms with E-state index in [-0.39, 0.29) is 29.5 Å². The largest absolute Gasteiger partial charge is 0.492 e. The molecule has 0 spiro atoms. The predicted octanol–water partition coefficient (Wildman–Crippen LogP) is 3.71. The van der Waals surface area contributed by atoms with E-state index in [1.165, 1.54) is 13.3 Å². The quantitative estimate of drug-likeness (QED) is 0.356. The molecule has 38 heavy (non-hydrogen) atoms. The highest BCUT2D eigenvalue weighted by Gasteiger charge is 2.29. The molecule has 0 unspecified atom stereocenters. The van der Waals surface area contributed by atoms with Gasteiger partial charge in [-0.2, -0.15) is 0 Å². The molecule has 10 heteroatoms. The summed E-state index contributed by atoms with van der Waals surface area (Å²) in [6.07, 6.45) is 5.37. The average molecular weight is 524 g/mol. The monoisotopic (exact) mass is 523 g/mol. The predicted molar refractivity (Wildman–Crippen MR) is 140 cm³/mol. The zero-order chi connectivity index (χ0) is 27.0. The van der Waals surface area contributed by atoms with Crippen LogP contribution < -0.4 is 15.4 Å². The highest BCUT2D eigenvalue weighted by atomic mass is 19.1. The van der Waals surface area contributed by atoms with E-state index in [0.29, 0.717) is 77.5 Å². The van der Waals surface area contributed by atoms with Crippen molar-refractivity contribution in [3.63, 3.8) is 0 Å². The Balaban J connectivity index is 1.38. The summed E-state index contributed by atoms with van der Waals surface area (Å²) < 4.78 is 21.5. The summed E-state index contributed by atoms with van der Waals surface area (Å²) in [6.45, 7) is 5.46. The fourth-order valence-corrected chi connectivity index (χ4v) is 5.05. The average Bonchev–Trinajstić information content (AvgIpc) is 3.65. The Kier molecular flexibility index (Phi) is 7.34. The van der Waals surface area contributed by atoms with Crippen LogP contribution in [0.15, 0.2) is 18.5 Å². The van der Waals surface area contributed by atoms with Crippen molar-refractivity contribution in [3.05, 3.63) is 41.1 Å². The van der Waals surface area contributed by atoms with Crippen LogP contribution in [0, 0.1) is 25.6 Å². The third-order valence-electron chi connectivity index (χ3n) is 7.49. The van der Waals surface area contributed by atoms with E-state index < -0.39 is 11.9 Å². The molecule has 2 aliphatic rings. The van der Waals surface area contributed by atoms with Gasteiger partial charge < -0.3 is 25.5 Å². The Labute approximate surface area is 220 Å². The lowest BCUT2D eigenvalue weighted by Gasteiger charge is -2.30. The lowest BCUT2D eigenvalue weighted by molar-refractivity contribution is -0.129. The van der Waals surface area contributed by atoms with Crippen LogP contribution in [0.2, 0.25) is 0 Å². The van der Waals surface area contributed by atoms with Gasteiger partial charge in [0.1, 0.15) is 35.2 Å². The summed E-state index contributed by atoms with van der Waals surface area (Å²) in [5.41, 5.74) is 3.04. The summed E-state index contributed by atoms with van der Waals surface area (Å²) in [5.74, 6) is -0.114. The zero-order valence-corrected chi connectivity index (χ0v) is 21.9. The lowest BCUT2D eigenvalue weighted by Crippen LogP contribution is -2.46. The molecule has 0 saturated heterocycles. The molecule has 2 heterocycles. The number of carbonyl (C=O) groups excluding carboxylic acids is 2. The molecule has 2 aromatic heterocycles. The number of halogens is 1. The second kappa shape index (κ2) is 10.7. The van der Waals surface area contributed by atoms with E-state index in [2.05, 4.69) is 25.6 Å². The van der Waals surface area contributed by atoms with Crippen LogP contribution in [0.4, 0.5) is 4.39 Å². The molecule has 1 atom stereocenters. The smallest absolute Gasteiger partial charge is 0.255 e. The van der Waals surface area contributed by atoms with E-state index in [1.807, 2.05) is 0 Å². The molecule has 4 N–H and O–H groups in total. The van der Waals surface area contributed by atoms with Gasteiger partial charge in [-0.15, -0.1) is 0 Å². The minimum absolute atomic E-state index is 0.0177. The fourth-order valence-electron chi connectivity index (χ4n) is 5.05. The Morgan fingerprint density at radius 3 is 2.45 bits per heavy atom. The molecular formula is C28H34FN5O4. The lowest BCUT2D eigenvalue weighted by atomic mass is 9.90. The number of benzene rings is 1. The van der Waals surface area contributed by atoms with Crippen LogP contribution in [-0.4, -0.2) is 56.7 Å². The van der Waals surface area contributed by atoms with E-state index in [4.69, 9.17) is 4.74 Å². The number of amides is 2. The Morgan fingerprint density at radius 1 is 1.11 bits per heavy atom. The number of aryl methyl sites for hydroxylation is 2. The molecule has 1 aromatic carbocycles. The van der Waals surface area contributed by atoms with Crippen molar-refractivity contribution in [2.75, 3.05) is 6.61 Å². The van der Waals surface area contributed by atoms with Crippen molar-refractivity contribution in [1.82, 2.24) is 25.6 Å². The van der Waals surface area contributed by atoms with Crippen LogP contribution in [0.25, 0.3) is 22.3 Å². The Bertz CT molecular complexity index is 1360. The van der Waals surface area contributed by atoms with Gasteiger partial charge >= 0.3 is 0 Å². The number of aliphatic hydroxyl groups is 1. The SMILES string of the molecule is Cc1ccc(OCC2CC2)c(-c2ncnc3c(C(=O)N[C@H]4CC[C@H](NC(=O)[C@H](C)O)CC4)c(C)[nH]c23)c1F. The van der Waals surface area contributed by atoms with Gasteiger partial charge in [-0.1, -0.05) is 6.07 Å². The maximum atomic E-state index is 15.5. The van der Waals surface area contributed by atoms with Gasteiger partial charge in [-0.05, 0) is 76.8 Å². The van der Waals surface area contributed by atoms with Crippen molar-refractivity contribution < 1.29 is 23.8 Å². The first-order valence-corrected chi connectivity index (χ1v) is 13.3. The van der Waals surface area contributed by atoms with E-state index >= 15 is 4.39 Å². The van der Waals surface area contributed by atoms with Gasteiger partial charge in [0.25, 0.3) is 5.91 Å². The van der Waals surface area contributed by atoms with Crippen LogP contribution >= 0.6 is 0 Å². The third kappa shape index (κ3) is 5.36. The normalized spacial score (nSPS) is 20.2. The number of H-pyrrole nitrogens is 1. The molecule has 0 bridgehead atoms. The van der Waals surface area contributed by atoms with E-state index in [0.717, 1.165) is 12.8 Å². The van der Waals surface area contributed by atoms with E-state index in [9.17, 15) is 14.7 Å². The fraction of sp³-hybridized carbons (Fsp3) is 0.500. The first kappa shape index (κ1) is 26.1. The van der Waals surface area contributed by atoms with Crippen molar-refractivity contribution in [2.24, 2.45) is 5.92 Å². The molecule has 2 aliphatic carbocycles. The number of aromatic amines is 1. The number of hydrogen-bond acceptors (Lipinski definition) is 6. The Morgan fingerprint density at radius 2 is 1.79 bits per heavy atom. The molecule has 9 nitrogen and oxygen atoms in total. The van der Waals surface area contributed by atoms with Gasteiger partial charge in [0, 0.05) is 17.8 Å². The number of rotatable bonds is 8. The number of nitrogens with one attached hydrogen (secondary N) is 3. The number of carbonyl (C=O) groups is 2. The zero-order valence-electron chi connectivity index (χ0n) is 21.9.